The minimum absolute atomic E-state index is 0.112. The van der Waals surface area contributed by atoms with E-state index in [1.54, 1.807) is 0 Å². The van der Waals surface area contributed by atoms with E-state index in [2.05, 4.69) is 81.5 Å². The van der Waals surface area contributed by atoms with Gasteiger partial charge in [-0.3, -0.25) is 0 Å². The zero-order valence-corrected chi connectivity index (χ0v) is 14.5. The van der Waals surface area contributed by atoms with Crippen LogP contribution in [0.25, 0.3) is 0 Å². The second-order valence-corrected chi connectivity index (χ2v) is 7.62. The molecule has 0 aliphatic carbocycles. The smallest absolute Gasteiger partial charge is 0.403 e. The van der Waals surface area contributed by atoms with Crippen molar-refractivity contribution in [3.63, 3.8) is 0 Å². The van der Waals surface area contributed by atoms with Crippen molar-refractivity contribution in [2.45, 2.75) is 58.1 Å². The van der Waals surface area contributed by atoms with Gasteiger partial charge in [-0.15, -0.1) is 0 Å². The molecule has 1 aliphatic rings. The first-order valence-electron chi connectivity index (χ1n) is 6.82. The first kappa shape index (κ1) is 15.3. The van der Waals surface area contributed by atoms with Gasteiger partial charge in [-0.2, -0.15) is 0 Å². The number of hydrogen-bond donors (Lipinski definition) is 0. The molecule has 1 aromatic rings. The van der Waals surface area contributed by atoms with Crippen molar-refractivity contribution in [2.24, 2.45) is 0 Å². The molecule has 0 radical (unpaired) electrons. The minimum Gasteiger partial charge on any atom is -0.403 e. The summed E-state index contributed by atoms with van der Waals surface area (Å²) in [5, 5.41) is 0. The molecular weight excluding hydrogens is 350 g/mol. The fraction of sp³-hybridized carbons (Fsp3) is 0.600. The molecule has 1 heterocycles. The van der Waals surface area contributed by atoms with Crippen molar-refractivity contribution >= 4 is 29.7 Å². The van der Waals surface area contributed by atoms with Gasteiger partial charge < -0.3 is 9.31 Å². The average Bonchev–Trinajstić information content (AvgIpc) is 2.47. The maximum atomic E-state index is 6.06. The van der Waals surface area contributed by atoms with Gasteiger partial charge in [-0.25, -0.2) is 0 Å². The van der Waals surface area contributed by atoms with Gasteiger partial charge in [0.2, 0.25) is 0 Å². The molecule has 104 valence electrons. The summed E-state index contributed by atoms with van der Waals surface area (Å²) in [5.41, 5.74) is 0.877. The quantitative estimate of drug-likeness (QED) is 0.575. The molecule has 1 saturated heterocycles. The first-order chi connectivity index (χ1) is 8.71. The first-order valence-corrected chi connectivity index (χ1v) is 7.90. The van der Waals surface area contributed by atoms with Gasteiger partial charge in [-0.1, -0.05) is 19.1 Å². The highest BCUT2D eigenvalue weighted by atomic mass is 127. The molecular formula is C15H22BIO2. The molecule has 0 saturated carbocycles. The monoisotopic (exact) mass is 372 g/mol. The summed E-state index contributed by atoms with van der Waals surface area (Å²) in [4.78, 5) is 0. The van der Waals surface area contributed by atoms with Crippen LogP contribution < -0.4 is 0 Å². The van der Waals surface area contributed by atoms with Crippen LogP contribution in [0.5, 0.6) is 0 Å². The normalized spacial score (nSPS) is 22.5. The van der Waals surface area contributed by atoms with E-state index in [0.717, 1.165) is 6.32 Å². The number of benzene rings is 1. The van der Waals surface area contributed by atoms with Crippen LogP contribution >= 0.6 is 22.6 Å². The summed E-state index contributed by atoms with van der Waals surface area (Å²) in [6.07, 6.45) is 0.896. The van der Waals surface area contributed by atoms with Gasteiger partial charge in [0.1, 0.15) is 0 Å². The van der Waals surface area contributed by atoms with Crippen molar-refractivity contribution in [3.05, 3.63) is 33.4 Å². The van der Waals surface area contributed by atoms with Gasteiger partial charge in [0.15, 0.2) is 0 Å². The summed E-state index contributed by atoms with van der Waals surface area (Å²) in [7, 11) is -0.112. The highest BCUT2D eigenvalue weighted by molar-refractivity contribution is 14.1. The zero-order valence-electron chi connectivity index (χ0n) is 12.4. The van der Waals surface area contributed by atoms with Crippen molar-refractivity contribution in [1.82, 2.24) is 0 Å². The Morgan fingerprint density at radius 3 is 2.00 bits per heavy atom. The largest absolute Gasteiger partial charge is 0.458 e. The molecule has 2 rings (SSSR count). The Morgan fingerprint density at radius 2 is 1.53 bits per heavy atom. The number of rotatable bonds is 3. The topological polar surface area (TPSA) is 18.5 Å². The molecule has 4 heteroatoms. The number of halogens is 1. The van der Waals surface area contributed by atoms with E-state index in [1.165, 1.54) is 9.13 Å². The van der Waals surface area contributed by atoms with Crippen LogP contribution in [-0.4, -0.2) is 18.3 Å². The standard InChI is InChI=1S/C15H22BIO2/c1-11(12-6-8-13(17)9-7-12)10-16-18-14(2,3)15(4,5)19-16/h6-9,11H,10H2,1-5H3/t11-/m0/s1. The van der Waals surface area contributed by atoms with Crippen LogP contribution in [0, 0.1) is 3.57 Å². The summed E-state index contributed by atoms with van der Waals surface area (Å²) in [6, 6.07) is 8.68. The van der Waals surface area contributed by atoms with Crippen molar-refractivity contribution < 1.29 is 9.31 Å². The fourth-order valence-electron chi connectivity index (χ4n) is 2.28. The van der Waals surface area contributed by atoms with E-state index in [-0.39, 0.29) is 18.3 Å². The van der Waals surface area contributed by atoms with Crippen LogP contribution in [0.2, 0.25) is 6.32 Å². The van der Waals surface area contributed by atoms with Gasteiger partial charge in [0.05, 0.1) is 11.2 Å². The molecule has 1 aromatic carbocycles. The lowest BCUT2D eigenvalue weighted by molar-refractivity contribution is 0.00578. The van der Waals surface area contributed by atoms with Gasteiger partial charge in [0, 0.05) is 3.57 Å². The molecule has 1 aliphatic heterocycles. The lowest BCUT2D eigenvalue weighted by Crippen LogP contribution is -2.41. The Bertz CT molecular complexity index is 426. The second-order valence-electron chi connectivity index (χ2n) is 6.37. The van der Waals surface area contributed by atoms with Crippen LogP contribution in [0.3, 0.4) is 0 Å². The lowest BCUT2D eigenvalue weighted by atomic mass is 9.75. The van der Waals surface area contributed by atoms with E-state index >= 15 is 0 Å². The third-order valence-corrected chi connectivity index (χ3v) is 5.01. The van der Waals surface area contributed by atoms with Crippen LogP contribution in [0.4, 0.5) is 0 Å². The van der Waals surface area contributed by atoms with Crippen molar-refractivity contribution in [1.29, 1.82) is 0 Å². The summed E-state index contributed by atoms with van der Waals surface area (Å²) in [5.74, 6) is 0.437. The van der Waals surface area contributed by atoms with E-state index in [0.29, 0.717) is 5.92 Å². The van der Waals surface area contributed by atoms with Crippen LogP contribution in [-0.2, 0) is 9.31 Å². The number of hydrogen-bond acceptors (Lipinski definition) is 2. The molecule has 19 heavy (non-hydrogen) atoms. The predicted octanol–water partition coefficient (Wildman–Crippen LogP) is 4.49. The minimum atomic E-state index is -0.233. The van der Waals surface area contributed by atoms with Gasteiger partial charge in [0.25, 0.3) is 0 Å². The van der Waals surface area contributed by atoms with E-state index in [9.17, 15) is 0 Å². The molecule has 0 aromatic heterocycles. The summed E-state index contributed by atoms with van der Waals surface area (Å²) < 4.78 is 13.4. The fourth-order valence-corrected chi connectivity index (χ4v) is 2.64. The Hall–Kier alpha value is -0.0651. The molecule has 2 nitrogen and oxygen atoms in total. The third-order valence-electron chi connectivity index (χ3n) is 4.29. The van der Waals surface area contributed by atoms with E-state index in [1.807, 2.05) is 0 Å². The molecule has 0 amide bonds. The lowest BCUT2D eigenvalue weighted by Gasteiger charge is -2.32. The van der Waals surface area contributed by atoms with E-state index in [4.69, 9.17) is 9.31 Å². The zero-order chi connectivity index (χ0) is 14.3. The summed E-state index contributed by atoms with van der Waals surface area (Å²) in [6.45, 7) is 10.6. The SMILES string of the molecule is C[C@@H](CB1OC(C)(C)C(C)(C)O1)c1ccc(I)cc1. The maximum Gasteiger partial charge on any atom is 0.458 e. The van der Waals surface area contributed by atoms with Crippen LogP contribution in [0.15, 0.2) is 24.3 Å². The van der Waals surface area contributed by atoms with Crippen molar-refractivity contribution in [3.8, 4) is 0 Å². The maximum absolute atomic E-state index is 6.06. The van der Waals surface area contributed by atoms with Gasteiger partial charge >= 0.3 is 7.12 Å². The summed E-state index contributed by atoms with van der Waals surface area (Å²) >= 11 is 2.33. The Labute approximate surface area is 130 Å². The Kier molecular flexibility index (Phi) is 4.34. The predicted molar refractivity (Wildman–Crippen MR) is 88.5 cm³/mol. The molecule has 0 unspecified atom stereocenters. The average molecular weight is 372 g/mol. The molecule has 0 N–H and O–H groups in total. The molecule has 0 spiro atoms. The molecule has 0 bridgehead atoms. The third kappa shape index (κ3) is 3.34. The van der Waals surface area contributed by atoms with Crippen molar-refractivity contribution in [2.75, 3.05) is 0 Å². The highest BCUT2D eigenvalue weighted by Gasteiger charge is 2.51. The Balaban J connectivity index is 2.01. The van der Waals surface area contributed by atoms with E-state index < -0.39 is 0 Å². The molecule has 1 atom stereocenters. The Morgan fingerprint density at radius 1 is 1.05 bits per heavy atom. The van der Waals surface area contributed by atoms with Gasteiger partial charge in [-0.05, 0) is 80.2 Å². The van der Waals surface area contributed by atoms with Crippen LogP contribution in [0.1, 0.15) is 46.1 Å². The molecule has 1 fully saturated rings. The second kappa shape index (κ2) is 5.37. The highest BCUT2D eigenvalue weighted by Crippen LogP contribution is 2.39.